The molecule has 0 saturated carbocycles. The molecule has 3 heterocycles. The summed E-state index contributed by atoms with van der Waals surface area (Å²) in [4.78, 5) is 19.2. The molecule has 0 spiro atoms. The number of carbonyl (C=O) groups is 1. The predicted octanol–water partition coefficient (Wildman–Crippen LogP) is 3.38. The van der Waals surface area contributed by atoms with Crippen molar-refractivity contribution in [3.05, 3.63) is 42.2 Å². The highest BCUT2D eigenvalue weighted by Crippen LogP contribution is 2.31. The molecule has 0 aliphatic carbocycles. The van der Waals surface area contributed by atoms with Gasteiger partial charge in [0.15, 0.2) is 16.5 Å². The molecule has 124 valence electrons. The summed E-state index contributed by atoms with van der Waals surface area (Å²) in [7, 11) is 2.11. The van der Waals surface area contributed by atoms with E-state index in [1.807, 2.05) is 30.3 Å². The first-order valence-electron chi connectivity index (χ1n) is 8.14. The molecule has 1 N–H and O–H groups in total. The monoisotopic (exact) mass is 341 g/mol. The van der Waals surface area contributed by atoms with E-state index < -0.39 is 0 Å². The van der Waals surface area contributed by atoms with Crippen LogP contribution in [0.4, 0.5) is 0 Å². The number of carbonyl (C=O) groups excluding carboxylic acids is 1. The van der Waals surface area contributed by atoms with Crippen LogP contribution in [0.1, 0.15) is 23.4 Å². The highest BCUT2D eigenvalue weighted by molar-refractivity contribution is 7.21. The third-order valence-electron chi connectivity index (χ3n) is 4.39. The van der Waals surface area contributed by atoms with Gasteiger partial charge in [-0.05, 0) is 57.2 Å². The van der Waals surface area contributed by atoms with Crippen LogP contribution in [-0.4, -0.2) is 42.0 Å². The first-order valence-corrected chi connectivity index (χ1v) is 8.96. The molecule has 5 nitrogen and oxygen atoms in total. The highest BCUT2D eigenvalue weighted by Gasteiger charge is 2.21. The van der Waals surface area contributed by atoms with Gasteiger partial charge in [0.1, 0.15) is 0 Å². The Morgan fingerprint density at radius 2 is 2.04 bits per heavy atom. The number of nitrogens with one attached hydrogen (secondary N) is 1. The lowest BCUT2D eigenvalue weighted by atomic mass is 10.1. The number of rotatable bonds is 3. The molecule has 0 bridgehead atoms. The second-order valence-electron chi connectivity index (χ2n) is 6.20. The second-order valence-corrected chi connectivity index (χ2v) is 7.23. The molecular formula is C18H19N3O2S. The van der Waals surface area contributed by atoms with Crippen molar-refractivity contribution >= 4 is 27.5 Å². The van der Waals surface area contributed by atoms with Gasteiger partial charge in [0.05, 0.1) is 10.2 Å². The van der Waals surface area contributed by atoms with E-state index in [0.29, 0.717) is 11.5 Å². The fourth-order valence-electron chi connectivity index (χ4n) is 2.96. The van der Waals surface area contributed by atoms with Gasteiger partial charge in [0, 0.05) is 6.04 Å². The Hall–Kier alpha value is -2.18. The normalized spacial score (nSPS) is 16.5. The van der Waals surface area contributed by atoms with Crippen LogP contribution in [0.25, 0.3) is 21.0 Å². The van der Waals surface area contributed by atoms with Gasteiger partial charge in [-0.1, -0.05) is 12.1 Å². The van der Waals surface area contributed by atoms with E-state index >= 15 is 0 Å². The zero-order chi connectivity index (χ0) is 16.5. The largest absolute Gasteiger partial charge is 0.448 e. The van der Waals surface area contributed by atoms with E-state index in [1.165, 1.54) is 0 Å². The molecule has 0 atom stereocenters. The first-order chi connectivity index (χ1) is 11.7. The number of piperidine rings is 1. The molecule has 0 radical (unpaired) electrons. The quantitative estimate of drug-likeness (QED) is 0.793. The summed E-state index contributed by atoms with van der Waals surface area (Å²) < 4.78 is 6.86. The fourth-order valence-corrected chi connectivity index (χ4v) is 3.89. The van der Waals surface area contributed by atoms with Gasteiger partial charge in [-0.15, -0.1) is 11.3 Å². The molecule has 24 heavy (non-hydrogen) atoms. The molecular weight excluding hydrogens is 322 g/mol. The van der Waals surface area contributed by atoms with E-state index in [2.05, 4.69) is 22.2 Å². The van der Waals surface area contributed by atoms with Gasteiger partial charge in [-0.2, -0.15) is 0 Å². The lowest BCUT2D eigenvalue weighted by Gasteiger charge is -2.29. The molecule has 1 saturated heterocycles. The molecule has 1 fully saturated rings. The van der Waals surface area contributed by atoms with Crippen LogP contribution in [0.2, 0.25) is 0 Å². The second kappa shape index (κ2) is 6.37. The smallest absolute Gasteiger partial charge is 0.287 e. The minimum atomic E-state index is -0.142. The Morgan fingerprint density at radius 3 is 2.83 bits per heavy atom. The third kappa shape index (κ3) is 3.07. The zero-order valence-corrected chi connectivity index (χ0v) is 14.3. The molecule has 2 aromatic heterocycles. The summed E-state index contributed by atoms with van der Waals surface area (Å²) >= 11 is 1.57. The number of thiazole rings is 1. The minimum absolute atomic E-state index is 0.142. The van der Waals surface area contributed by atoms with Crippen molar-refractivity contribution in [3.8, 4) is 10.8 Å². The molecule has 4 rings (SSSR count). The van der Waals surface area contributed by atoms with Crippen molar-refractivity contribution in [1.82, 2.24) is 15.2 Å². The summed E-state index contributed by atoms with van der Waals surface area (Å²) in [5.41, 5.74) is 0.950. The van der Waals surface area contributed by atoms with Gasteiger partial charge in [-0.25, -0.2) is 4.98 Å². The summed E-state index contributed by atoms with van der Waals surface area (Å²) in [5, 5.41) is 3.87. The van der Waals surface area contributed by atoms with Gasteiger partial charge in [0.2, 0.25) is 0 Å². The minimum Gasteiger partial charge on any atom is -0.448 e. The summed E-state index contributed by atoms with van der Waals surface area (Å²) in [6, 6.07) is 11.7. The number of nitrogens with zero attached hydrogens (tertiary/aromatic N) is 2. The topological polar surface area (TPSA) is 58.4 Å². The Bertz CT molecular complexity index is 829. The molecule has 0 unspecified atom stereocenters. The standard InChI is InChI=1S/C18H19N3O2S/c1-21-10-8-12(9-11-21)19-17(22)14-6-7-15(23-14)18-20-13-4-2-3-5-16(13)24-18/h2-7,12H,8-11H2,1H3,(H,19,22). The number of fused-ring (bicyclic) bond motifs is 1. The van der Waals surface area contributed by atoms with Crippen LogP contribution >= 0.6 is 11.3 Å². The lowest BCUT2D eigenvalue weighted by molar-refractivity contribution is 0.0889. The Kier molecular flexibility index (Phi) is 4.08. The third-order valence-corrected chi connectivity index (χ3v) is 5.44. The maximum absolute atomic E-state index is 12.4. The van der Waals surface area contributed by atoms with Crippen molar-refractivity contribution < 1.29 is 9.21 Å². The van der Waals surface area contributed by atoms with Crippen LogP contribution in [0.3, 0.4) is 0 Å². The number of likely N-dealkylation sites (tertiary alicyclic amines) is 1. The molecule has 1 aliphatic rings. The highest BCUT2D eigenvalue weighted by atomic mass is 32.1. The number of hydrogen-bond donors (Lipinski definition) is 1. The van der Waals surface area contributed by atoms with Crippen molar-refractivity contribution in [2.75, 3.05) is 20.1 Å². The lowest BCUT2D eigenvalue weighted by Crippen LogP contribution is -2.43. The number of amides is 1. The SMILES string of the molecule is CN1CCC(NC(=O)c2ccc(-c3nc4ccccc4s3)o2)CC1. The van der Waals surface area contributed by atoms with Gasteiger partial charge < -0.3 is 14.6 Å². The van der Waals surface area contributed by atoms with E-state index in [0.717, 1.165) is 41.2 Å². The summed E-state index contributed by atoms with van der Waals surface area (Å²) in [5.74, 6) is 0.852. The predicted molar refractivity (Wildman–Crippen MR) is 95.3 cm³/mol. The van der Waals surface area contributed by atoms with Crippen LogP contribution in [0, 0.1) is 0 Å². The van der Waals surface area contributed by atoms with Gasteiger partial charge in [-0.3, -0.25) is 4.79 Å². The van der Waals surface area contributed by atoms with E-state index in [1.54, 1.807) is 17.4 Å². The number of benzene rings is 1. The number of para-hydroxylation sites is 1. The maximum Gasteiger partial charge on any atom is 0.287 e. The first kappa shape index (κ1) is 15.4. The summed E-state index contributed by atoms with van der Waals surface area (Å²) in [6.45, 7) is 2.03. The molecule has 1 aromatic carbocycles. The molecule has 1 aliphatic heterocycles. The van der Waals surface area contributed by atoms with E-state index in [4.69, 9.17) is 4.42 Å². The Labute approximate surface area is 144 Å². The van der Waals surface area contributed by atoms with Crippen molar-refractivity contribution in [2.24, 2.45) is 0 Å². The fraction of sp³-hybridized carbons (Fsp3) is 0.333. The Balaban J connectivity index is 1.48. The van der Waals surface area contributed by atoms with Crippen LogP contribution in [-0.2, 0) is 0 Å². The zero-order valence-electron chi connectivity index (χ0n) is 13.5. The van der Waals surface area contributed by atoms with Gasteiger partial charge in [0.25, 0.3) is 5.91 Å². The van der Waals surface area contributed by atoms with E-state index in [-0.39, 0.29) is 11.9 Å². The average Bonchev–Trinajstić information content (AvgIpc) is 3.23. The van der Waals surface area contributed by atoms with Gasteiger partial charge >= 0.3 is 0 Å². The van der Waals surface area contributed by atoms with Crippen LogP contribution < -0.4 is 5.32 Å². The number of aromatic nitrogens is 1. The molecule has 1 amide bonds. The van der Waals surface area contributed by atoms with Crippen molar-refractivity contribution in [3.63, 3.8) is 0 Å². The Morgan fingerprint density at radius 1 is 1.25 bits per heavy atom. The average molecular weight is 341 g/mol. The molecule has 3 aromatic rings. The summed E-state index contributed by atoms with van der Waals surface area (Å²) in [6.07, 6.45) is 1.96. The molecule has 6 heteroatoms. The van der Waals surface area contributed by atoms with Crippen LogP contribution in [0.5, 0.6) is 0 Å². The van der Waals surface area contributed by atoms with Crippen molar-refractivity contribution in [2.45, 2.75) is 18.9 Å². The van der Waals surface area contributed by atoms with Crippen molar-refractivity contribution in [1.29, 1.82) is 0 Å². The van der Waals surface area contributed by atoms with Crippen LogP contribution in [0.15, 0.2) is 40.8 Å². The maximum atomic E-state index is 12.4. The number of hydrogen-bond acceptors (Lipinski definition) is 5. The van der Waals surface area contributed by atoms with E-state index in [9.17, 15) is 4.79 Å². The number of furan rings is 1.